The van der Waals surface area contributed by atoms with Gasteiger partial charge in [-0.1, -0.05) is 35.9 Å². The number of hydrogen-bond donors (Lipinski definition) is 2. The van der Waals surface area contributed by atoms with Crippen molar-refractivity contribution in [2.75, 3.05) is 25.0 Å². The van der Waals surface area contributed by atoms with Gasteiger partial charge in [-0.25, -0.2) is 0 Å². The number of piperidine rings is 1. The van der Waals surface area contributed by atoms with Gasteiger partial charge in [0.25, 0.3) is 0 Å². The Balaban J connectivity index is 1.53. The topological polar surface area (TPSA) is 84.7 Å². The fourth-order valence-corrected chi connectivity index (χ4v) is 3.88. The number of carbonyl (C=O) groups is 2. The molecule has 6 heteroatoms. The van der Waals surface area contributed by atoms with Gasteiger partial charge >= 0.3 is 0 Å². The van der Waals surface area contributed by atoms with E-state index in [9.17, 15) is 9.59 Å². The van der Waals surface area contributed by atoms with Crippen LogP contribution < -0.4 is 15.8 Å². The Bertz CT molecular complexity index is 897. The van der Waals surface area contributed by atoms with Crippen molar-refractivity contribution in [3.8, 4) is 5.75 Å². The summed E-state index contributed by atoms with van der Waals surface area (Å²) in [6, 6.07) is 13.8. The molecule has 3 N–H and O–H groups in total. The third-order valence-electron chi connectivity index (χ3n) is 5.51. The highest BCUT2D eigenvalue weighted by Crippen LogP contribution is 2.23. The van der Waals surface area contributed by atoms with Gasteiger partial charge in [-0.05, 0) is 56.5 Å². The number of hydrogen-bond acceptors (Lipinski definition) is 4. The van der Waals surface area contributed by atoms with Crippen molar-refractivity contribution in [1.82, 2.24) is 4.90 Å². The molecule has 30 heavy (non-hydrogen) atoms. The predicted molar refractivity (Wildman–Crippen MR) is 118 cm³/mol. The van der Waals surface area contributed by atoms with Crippen molar-refractivity contribution >= 4 is 17.5 Å². The van der Waals surface area contributed by atoms with E-state index in [4.69, 9.17) is 10.5 Å². The van der Waals surface area contributed by atoms with E-state index in [1.54, 1.807) is 0 Å². The number of rotatable bonds is 8. The van der Waals surface area contributed by atoms with Crippen LogP contribution in [-0.2, 0) is 16.1 Å². The maximum absolute atomic E-state index is 12.5. The fraction of sp³-hybridized carbons (Fsp3) is 0.417. The summed E-state index contributed by atoms with van der Waals surface area (Å²) in [6.45, 7) is 6.64. The van der Waals surface area contributed by atoms with Crippen LogP contribution in [0.5, 0.6) is 5.75 Å². The van der Waals surface area contributed by atoms with Crippen LogP contribution in [0, 0.1) is 19.8 Å². The number of likely N-dealkylation sites (tertiary alicyclic amines) is 1. The first-order valence-corrected chi connectivity index (χ1v) is 10.5. The molecule has 0 radical (unpaired) electrons. The van der Waals surface area contributed by atoms with Gasteiger partial charge in [0.05, 0.1) is 18.9 Å². The summed E-state index contributed by atoms with van der Waals surface area (Å²) in [5.74, 6) is 0.400. The molecule has 2 aromatic rings. The van der Waals surface area contributed by atoms with Gasteiger partial charge in [-0.15, -0.1) is 0 Å². The normalized spacial score (nSPS) is 16.8. The van der Waals surface area contributed by atoms with Crippen LogP contribution in [0.3, 0.4) is 0 Å². The molecule has 1 fully saturated rings. The van der Waals surface area contributed by atoms with Crippen LogP contribution in [0.1, 0.15) is 36.0 Å². The maximum atomic E-state index is 12.5. The number of aryl methyl sites for hydroxylation is 2. The molecule has 0 spiro atoms. The number of nitrogens with two attached hydrogens (primary N) is 1. The molecule has 1 unspecified atom stereocenters. The van der Waals surface area contributed by atoms with Crippen molar-refractivity contribution in [2.24, 2.45) is 11.7 Å². The Morgan fingerprint density at radius 2 is 2.00 bits per heavy atom. The highest BCUT2D eigenvalue weighted by Gasteiger charge is 2.24. The second-order valence-electron chi connectivity index (χ2n) is 8.05. The number of amides is 2. The number of benzene rings is 2. The lowest BCUT2D eigenvalue weighted by atomic mass is 9.97. The van der Waals surface area contributed by atoms with Gasteiger partial charge in [0.1, 0.15) is 5.75 Å². The zero-order valence-corrected chi connectivity index (χ0v) is 17.8. The molecule has 1 saturated heterocycles. The third kappa shape index (κ3) is 6.07. The zero-order chi connectivity index (χ0) is 21.5. The van der Waals surface area contributed by atoms with Crippen molar-refractivity contribution in [1.29, 1.82) is 0 Å². The van der Waals surface area contributed by atoms with E-state index in [1.165, 1.54) is 5.56 Å². The van der Waals surface area contributed by atoms with Crippen molar-refractivity contribution in [2.45, 2.75) is 39.7 Å². The van der Waals surface area contributed by atoms with Crippen molar-refractivity contribution in [3.05, 3.63) is 59.2 Å². The van der Waals surface area contributed by atoms with E-state index in [2.05, 4.69) is 16.3 Å². The second-order valence-corrected chi connectivity index (χ2v) is 8.05. The molecule has 2 aromatic carbocycles. The molecule has 160 valence electrons. The summed E-state index contributed by atoms with van der Waals surface area (Å²) in [4.78, 5) is 26.2. The molecule has 1 heterocycles. The van der Waals surface area contributed by atoms with Crippen molar-refractivity contribution in [3.63, 3.8) is 0 Å². The Hall–Kier alpha value is -2.86. The minimum Gasteiger partial charge on any atom is -0.493 e. The van der Waals surface area contributed by atoms with Gasteiger partial charge in [-0.3, -0.25) is 14.5 Å². The summed E-state index contributed by atoms with van der Waals surface area (Å²) in [5, 5.41) is 3.01. The van der Waals surface area contributed by atoms with Crippen LogP contribution in [0.15, 0.2) is 42.5 Å². The minimum absolute atomic E-state index is 0.0825. The number of nitrogens with zero attached hydrogens (tertiary/aromatic N) is 1. The minimum atomic E-state index is -0.231. The third-order valence-corrected chi connectivity index (χ3v) is 5.51. The molecule has 0 aromatic heterocycles. The summed E-state index contributed by atoms with van der Waals surface area (Å²) < 4.78 is 5.77. The molecule has 0 aliphatic carbocycles. The van der Waals surface area contributed by atoms with Crippen LogP contribution >= 0.6 is 0 Å². The summed E-state index contributed by atoms with van der Waals surface area (Å²) in [5.41, 5.74) is 9.58. The smallest absolute Gasteiger partial charge is 0.227 e. The van der Waals surface area contributed by atoms with E-state index < -0.39 is 0 Å². The molecule has 0 saturated carbocycles. The molecule has 0 bridgehead atoms. The van der Waals surface area contributed by atoms with Crippen LogP contribution in [0.25, 0.3) is 0 Å². The lowest BCUT2D eigenvalue weighted by Crippen LogP contribution is -2.40. The number of anilines is 1. The van der Waals surface area contributed by atoms with E-state index in [1.807, 2.05) is 50.2 Å². The SMILES string of the molecule is Cc1ccc(OCCC(=O)Nc2ccccc2CN2CCCC(C(N)=O)C2)c(C)c1. The first kappa shape index (κ1) is 21.8. The first-order chi connectivity index (χ1) is 14.4. The quantitative estimate of drug-likeness (QED) is 0.700. The summed E-state index contributed by atoms with van der Waals surface area (Å²) in [6.07, 6.45) is 2.08. The lowest BCUT2D eigenvalue weighted by molar-refractivity contribution is -0.123. The molecule has 6 nitrogen and oxygen atoms in total. The van der Waals surface area contributed by atoms with Crippen LogP contribution in [-0.4, -0.2) is 36.4 Å². The van der Waals surface area contributed by atoms with Crippen molar-refractivity contribution < 1.29 is 14.3 Å². The maximum Gasteiger partial charge on any atom is 0.227 e. The van der Waals surface area contributed by atoms with Gasteiger partial charge in [0.15, 0.2) is 0 Å². The monoisotopic (exact) mass is 409 g/mol. The highest BCUT2D eigenvalue weighted by molar-refractivity contribution is 5.91. The standard InChI is InChI=1S/C24H31N3O3/c1-17-9-10-22(18(2)14-17)30-13-11-23(28)26-21-8-4-3-6-19(21)15-27-12-5-7-20(16-27)24(25)29/h3-4,6,8-10,14,20H,5,7,11-13,15-16H2,1-2H3,(H2,25,29)(H,26,28). The number of ether oxygens (including phenoxy) is 1. The largest absolute Gasteiger partial charge is 0.493 e. The van der Waals surface area contributed by atoms with Gasteiger partial charge in [0, 0.05) is 18.8 Å². The van der Waals surface area contributed by atoms with Gasteiger partial charge < -0.3 is 15.8 Å². The highest BCUT2D eigenvalue weighted by atomic mass is 16.5. The van der Waals surface area contributed by atoms with E-state index >= 15 is 0 Å². The fourth-order valence-electron chi connectivity index (χ4n) is 3.88. The number of primary amides is 1. The Morgan fingerprint density at radius 1 is 1.20 bits per heavy atom. The van der Waals surface area contributed by atoms with E-state index in [-0.39, 0.29) is 24.2 Å². The number of para-hydroxylation sites is 1. The van der Waals surface area contributed by atoms with Crippen LogP contribution in [0.4, 0.5) is 5.69 Å². The lowest BCUT2D eigenvalue weighted by Gasteiger charge is -2.31. The molecule has 1 aliphatic heterocycles. The Kier molecular flexibility index (Phi) is 7.46. The summed E-state index contributed by atoms with van der Waals surface area (Å²) >= 11 is 0. The van der Waals surface area contributed by atoms with Crippen LogP contribution in [0.2, 0.25) is 0 Å². The zero-order valence-electron chi connectivity index (χ0n) is 17.8. The van der Waals surface area contributed by atoms with Gasteiger partial charge in [-0.2, -0.15) is 0 Å². The second kappa shape index (κ2) is 10.3. The Morgan fingerprint density at radius 3 is 2.77 bits per heavy atom. The molecule has 3 rings (SSSR count). The molecular formula is C24H31N3O3. The van der Waals surface area contributed by atoms with E-state index in [0.717, 1.165) is 42.0 Å². The number of nitrogens with one attached hydrogen (secondary N) is 1. The van der Waals surface area contributed by atoms with E-state index in [0.29, 0.717) is 19.7 Å². The Labute approximate surface area is 178 Å². The predicted octanol–water partition coefficient (Wildman–Crippen LogP) is 3.41. The molecule has 2 amide bonds. The molecule has 1 aliphatic rings. The molecular weight excluding hydrogens is 378 g/mol. The summed E-state index contributed by atoms with van der Waals surface area (Å²) in [7, 11) is 0. The average Bonchev–Trinajstić information content (AvgIpc) is 2.71. The average molecular weight is 410 g/mol. The first-order valence-electron chi connectivity index (χ1n) is 10.5. The number of carbonyl (C=O) groups excluding carboxylic acids is 2. The van der Waals surface area contributed by atoms with Gasteiger partial charge in [0.2, 0.25) is 11.8 Å². The molecule has 1 atom stereocenters.